The van der Waals surface area contributed by atoms with Crippen LogP contribution in [0.15, 0.2) is 18.2 Å². The second kappa shape index (κ2) is 7.82. The molecule has 2 rings (SSSR count). The second-order valence-electron chi connectivity index (χ2n) is 4.83. The Morgan fingerprint density at radius 1 is 1.21 bits per heavy atom. The molecule has 2 heterocycles. The van der Waals surface area contributed by atoms with Crippen LogP contribution < -0.4 is 4.74 Å². The van der Waals surface area contributed by atoms with Gasteiger partial charge in [-0.05, 0) is 25.6 Å². The van der Waals surface area contributed by atoms with Crippen LogP contribution in [0.1, 0.15) is 12.1 Å². The van der Waals surface area contributed by atoms with E-state index in [0.717, 1.165) is 43.7 Å². The summed E-state index contributed by atoms with van der Waals surface area (Å²) in [6, 6.07) is 5.98. The average molecular weight is 328 g/mol. The van der Waals surface area contributed by atoms with Crippen molar-refractivity contribution in [3.8, 4) is 5.88 Å². The molecule has 0 aliphatic carbocycles. The Bertz CT molecular complexity index is 389. The average Bonchev–Trinajstić information content (AvgIpc) is 2.65. The lowest BCUT2D eigenvalue weighted by molar-refractivity contribution is 0.255. The van der Waals surface area contributed by atoms with Crippen LogP contribution in [0.25, 0.3) is 0 Å². The molecule has 4 nitrogen and oxygen atoms in total. The number of methoxy groups -OCH3 is 1. The molecule has 0 spiro atoms. The molecule has 1 aliphatic rings. The van der Waals surface area contributed by atoms with Crippen molar-refractivity contribution >= 4 is 15.9 Å². The highest BCUT2D eigenvalue weighted by molar-refractivity contribution is 9.09. The van der Waals surface area contributed by atoms with Crippen molar-refractivity contribution in [1.82, 2.24) is 14.8 Å². The highest BCUT2D eigenvalue weighted by Gasteiger charge is 2.14. The van der Waals surface area contributed by atoms with Crippen LogP contribution in [0.3, 0.4) is 0 Å². The Labute approximate surface area is 123 Å². The minimum atomic E-state index is 0.702. The Morgan fingerprint density at radius 2 is 2.00 bits per heavy atom. The van der Waals surface area contributed by atoms with Crippen molar-refractivity contribution in [2.45, 2.75) is 13.0 Å². The quantitative estimate of drug-likeness (QED) is 0.773. The molecule has 0 amide bonds. The number of pyridine rings is 1. The van der Waals surface area contributed by atoms with E-state index in [2.05, 4.69) is 36.8 Å². The molecule has 1 saturated heterocycles. The molecule has 0 bridgehead atoms. The third-order valence-electron chi connectivity index (χ3n) is 3.46. The SMILES string of the molecule is COc1cccc(CN2CCCN(CCBr)CC2)n1. The predicted molar refractivity (Wildman–Crippen MR) is 80.9 cm³/mol. The fraction of sp³-hybridized carbons (Fsp3) is 0.643. The predicted octanol–water partition coefficient (Wildman–Crippen LogP) is 1.99. The summed E-state index contributed by atoms with van der Waals surface area (Å²) < 4.78 is 5.17. The molecule has 0 aromatic carbocycles. The highest BCUT2D eigenvalue weighted by atomic mass is 79.9. The number of hydrogen-bond donors (Lipinski definition) is 0. The van der Waals surface area contributed by atoms with Gasteiger partial charge in [-0.1, -0.05) is 22.0 Å². The lowest BCUT2D eigenvalue weighted by Gasteiger charge is -2.21. The minimum Gasteiger partial charge on any atom is -0.481 e. The standard InChI is InChI=1S/C14H22BrN3O/c1-19-14-5-2-4-13(16-14)12-18-8-3-7-17(9-6-15)10-11-18/h2,4-5H,3,6-12H2,1H3. The molecule has 0 saturated carbocycles. The zero-order valence-corrected chi connectivity index (χ0v) is 13.1. The summed E-state index contributed by atoms with van der Waals surface area (Å²) >= 11 is 3.52. The number of ether oxygens (including phenoxy) is 1. The molecule has 1 aromatic heterocycles. The van der Waals surface area contributed by atoms with E-state index in [1.165, 1.54) is 13.0 Å². The fourth-order valence-electron chi connectivity index (χ4n) is 2.41. The van der Waals surface area contributed by atoms with Gasteiger partial charge in [-0.2, -0.15) is 0 Å². The second-order valence-corrected chi connectivity index (χ2v) is 5.62. The molecule has 106 valence electrons. The van der Waals surface area contributed by atoms with Crippen molar-refractivity contribution < 1.29 is 4.74 Å². The van der Waals surface area contributed by atoms with Gasteiger partial charge in [-0.25, -0.2) is 4.98 Å². The van der Waals surface area contributed by atoms with Gasteiger partial charge >= 0.3 is 0 Å². The molecule has 0 atom stereocenters. The van der Waals surface area contributed by atoms with Crippen LogP contribution in [-0.2, 0) is 6.54 Å². The summed E-state index contributed by atoms with van der Waals surface area (Å²) in [5.74, 6) is 0.702. The maximum Gasteiger partial charge on any atom is 0.213 e. The molecule has 0 unspecified atom stereocenters. The number of halogens is 1. The van der Waals surface area contributed by atoms with Crippen LogP contribution in [0.5, 0.6) is 5.88 Å². The van der Waals surface area contributed by atoms with Gasteiger partial charge in [0.05, 0.1) is 12.8 Å². The van der Waals surface area contributed by atoms with Crippen molar-refractivity contribution in [3.05, 3.63) is 23.9 Å². The molecular formula is C14H22BrN3O. The molecule has 0 radical (unpaired) electrons. The van der Waals surface area contributed by atoms with Gasteiger partial charge in [-0.3, -0.25) is 4.90 Å². The molecule has 1 aliphatic heterocycles. The van der Waals surface area contributed by atoms with E-state index in [1.54, 1.807) is 7.11 Å². The topological polar surface area (TPSA) is 28.6 Å². The molecule has 19 heavy (non-hydrogen) atoms. The Morgan fingerprint density at radius 3 is 2.79 bits per heavy atom. The van der Waals surface area contributed by atoms with Gasteiger partial charge in [0, 0.05) is 37.6 Å². The Balaban J connectivity index is 1.88. The van der Waals surface area contributed by atoms with Crippen molar-refractivity contribution in [2.75, 3.05) is 45.2 Å². The van der Waals surface area contributed by atoms with Crippen LogP contribution in [0, 0.1) is 0 Å². The summed E-state index contributed by atoms with van der Waals surface area (Å²) in [5.41, 5.74) is 1.09. The summed E-state index contributed by atoms with van der Waals surface area (Å²) in [4.78, 5) is 9.49. The Kier molecular flexibility index (Phi) is 6.07. The molecule has 1 aromatic rings. The lowest BCUT2D eigenvalue weighted by Crippen LogP contribution is -2.31. The zero-order valence-electron chi connectivity index (χ0n) is 11.5. The largest absolute Gasteiger partial charge is 0.481 e. The number of aromatic nitrogens is 1. The first-order chi connectivity index (χ1) is 9.31. The van der Waals surface area contributed by atoms with E-state index in [0.29, 0.717) is 5.88 Å². The first-order valence-corrected chi connectivity index (χ1v) is 7.94. The molecule has 0 N–H and O–H groups in total. The first kappa shape index (κ1) is 14.8. The van der Waals surface area contributed by atoms with Crippen molar-refractivity contribution in [1.29, 1.82) is 0 Å². The summed E-state index contributed by atoms with van der Waals surface area (Å²) in [6.45, 7) is 6.68. The van der Waals surface area contributed by atoms with E-state index in [4.69, 9.17) is 4.74 Å². The fourth-order valence-corrected chi connectivity index (χ4v) is 2.92. The van der Waals surface area contributed by atoms with E-state index in [9.17, 15) is 0 Å². The third-order valence-corrected chi connectivity index (χ3v) is 3.81. The third kappa shape index (κ3) is 4.75. The highest BCUT2D eigenvalue weighted by Crippen LogP contribution is 2.11. The van der Waals surface area contributed by atoms with Crippen LogP contribution in [-0.4, -0.2) is 59.9 Å². The number of hydrogen-bond acceptors (Lipinski definition) is 4. The minimum absolute atomic E-state index is 0.702. The Hall–Kier alpha value is -0.650. The van der Waals surface area contributed by atoms with E-state index in [1.807, 2.05) is 12.1 Å². The van der Waals surface area contributed by atoms with Gasteiger partial charge in [-0.15, -0.1) is 0 Å². The van der Waals surface area contributed by atoms with E-state index in [-0.39, 0.29) is 0 Å². The van der Waals surface area contributed by atoms with Crippen LogP contribution >= 0.6 is 15.9 Å². The van der Waals surface area contributed by atoms with Gasteiger partial charge in [0.25, 0.3) is 0 Å². The summed E-state index contributed by atoms with van der Waals surface area (Å²) in [5, 5.41) is 1.06. The maximum atomic E-state index is 5.17. The lowest BCUT2D eigenvalue weighted by atomic mass is 10.3. The molecule has 1 fully saturated rings. The number of nitrogens with zero attached hydrogens (tertiary/aromatic N) is 3. The van der Waals surface area contributed by atoms with Gasteiger partial charge in [0.2, 0.25) is 5.88 Å². The maximum absolute atomic E-state index is 5.17. The van der Waals surface area contributed by atoms with Crippen LogP contribution in [0.4, 0.5) is 0 Å². The van der Waals surface area contributed by atoms with Gasteiger partial charge in [0.15, 0.2) is 0 Å². The van der Waals surface area contributed by atoms with Crippen molar-refractivity contribution in [3.63, 3.8) is 0 Å². The van der Waals surface area contributed by atoms with Crippen LogP contribution in [0.2, 0.25) is 0 Å². The van der Waals surface area contributed by atoms with E-state index >= 15 is 0 Å². The summed E-state index contributed by atoms with van der Waals surface area (Å²) in [6.07, 6.45) is 1.23. The zero-order chi connectivity index (χ0) is 13.5. The van der Waals surface area contributed by atoms with Gasteiger partial charge in [0.1, 0.15) is 0 Å². The first-order valence-electron chi connectivity index (χ1n) is 6.82. The van der Waals surface area contributed by atoms with E-state index < -0.39 is 0 Å². The number of alkyl halides is 1. The monoisotopic (exact) mass is 327 g/mol. The molecular weight excluding hydrogens is 306 g/mol. The molecule has 5 heteroatoms. The summed E-state index contributed by atoms with van der Waals surface area (Å²) in [7, 11) is 1.66. The van der Waals surface area contributed by atoms with Crippen molar-refractivity contribution in [2.24, 2.45) is 0 Å². The normalized spacial score (nSPS) is 18.2. The smallest absolute Gasteiger partial charge is 0.213 e. The van der Waals surface area contributed by atoms with Gasteiger partial charge < -0.3 is 9.64 Å². The number of rotatable bonds is 5.